The lowest BCUT2D eigenvalue weighted by Crippen LogP contribution is -2.15. The maximum Gasteiger partial charge on any atom is 0.340 e. The summed E-state index contributed by atoms with van der Waals surface area (Å²) in [6.07, 6.45) is 0. The van der Waals surface area contributed by atoms with Crippen LogP contribution in [-0.4, -0.2) is 23.6 Å². The number of nitrogens with one attached hydrogen (secondary N) is 1. The normalized spacial score (nSPS) is 10.7. The van der Waals surface area contributed by atoms with Crippen molar-refractivity contribution in [1.29, 1.82) is 0 Å². The van der Waals surface area contributed by atoms with Gasteiger partial charge in [0, 0.05) is 18.2 Å². The molecule has 0 spiro atoms. The van der Waals surface area contributed by atoms with Crippen LogP contribution in [0, 0.1) is 19.7 Å². The van der Waals surface area contributed by atoms with Crippen molar-refractivity contribution in [3.05, 3.63) is 101 Å². The zero-order valence-electron chi connectivity index (χ0n) is 20.6. The SMILES string of the molecule is COC(=O)c1cccc(-n2c(C)ccc2-c2cc(C)ccc2OCc2ccc(F)cc2)c1NC(C)=O. The summed E-state index contributed by atoms with van der Waals surface area (Å²) < 4.78 is 26.4. The first kappa shape index (κ1) is 24.7. The molecular weight excluding hydrogens is 459 g/mol. The molecule has 0 radical (unpaired) electrons. The fraction of sp³-hybridized carbons (Fsp3) is 0.172. The molecule has 1 amide bonds. The number of aryl methyl sites for hydroxylation is 2. The van der Waals surface area contributed by atoms with E-state index in [-0.39, 0.29) is 23.9 Å². The average molecular weight is 487 g/mol. The molecule has 1 heterocycles. The number of anilines is 1. The van der Waals surface area contributed by atoms with Crippen LogP contribution >= 0.6 is 0 Å². The number of methoxy groups -OCH3 is 1. The summed E-state index contributed by atoms with van der Waals surface area (Å²) in [6.45, 7) is 5.60. The highest BCUT2D eigenvalue weighted by Gasteiger charge is 2.21. The molecule has 7 heteroatoms. The minimum atomic E-state index is -0.550. The molecule has 0 bridgehead atoms. The minimum Gasteiger partial charge on any atom is -0.488 e. The van der Waals surface area contributed by atoms with E-state index in [0.29, 0.717) is 17.1 Å². The van der Waals surface area contributed by atoms with Gasteiger partial charge in [0.05, 0.1) is 29.7 Å². The Bertz CT molecular complexity index is 1420. The van der Waals surface area contributed by atoms with Gasteiger partial charge >= 0.3 is 5.97 Å². The van der Waals surface area contributed by atoms with E-state index in [4.69, 9.17) is 9.47 Å². The number of ether oxygens (including phenoxy) is 2. The molecule has 4 aromatic rings. The van der Waals surface area contributed by atoms with Crippen molar-refractivity contribution in [1.82, 2.24) is 4.57 Å². The molecule has 0 aliphatic heterocycles. The van der Waals surface area contributed by atoms with E-state index >= 15 is 0 Å². The van der Waals surface area contributed by atoms with Crippen molar-refractivity contribution in [2.75, 3.05) is 12.4 Å². The first-order valence-corrected chi connectivity index (χ1v) is 11.4. The third kappa shape index (κ3) is 5.15. The quantitative estimate of drug-likeness (QED) is 0.315. The van der Waals surface area contributed by atoms with Crippen LogP contribution in [0.1, 0.15) is 34.1 Å². The van der Waals surface area contributed by atoms with Crippen molar-refractivity contribution < 1.29 is 23.5 Å². The molecule has 0 fully saturated rings. The summed E-state index contributed by atoms with van der Waals surface area (Å²) in [6, 6.07) is 21.2. The fourth-order valence-electron chi connectivity index (χ4n) is 4.09. The summed E-state index contributed by atoms with van der Waals surface area (Å²) in [5.41, 5.74) is 5.66. The van der Waals surface area contributed by atoms with Crippen LogP contribution in [-0.2, 0) is 16.1 Å². The number of para-hydroxylation sites is 1. The Morgan fingerprint density at radius 1 is 0.972 bits per heavy atom. The lowest BCUT2D eigenvalue weighted by atomic mass is 10.1. The number of hydrogen-bond acceptors (Lipinski definition) is 4. The van der Waals surface area contributed by atoms with Gasteiger partial charge < -0.3 is 19.4 Å². The van der Waals surface area contributed by atoms with Crippen molar-refractivity contribution in [3.8, 4) is 22.7 Å². The van der Waals surface area contributed by atoms with Crippen LogP contribution in [0.5, 0.6) is 5.75 Å². The Morgan fingerprint density at radius 3 is 2.42 bits per heavy atom. The van der Waals surface area contributed by atoms with Gasteiger partial charge in [-0.15, -0.1) is 0 Å². The molecule has 4 rings (SSSR count). The smallest absolute Gasteiger partial charge is 0.340 e. The van der Waals surface area contributed by atoms with Crippen molar-refractivity contribution in [2.24, 2.45) is 0 Å². The molecule has 1 N–H and O–H groups in total. The topological polar surface area (TPSA) is 69.6 Å². The van der Waals surface area contributed by atoms with Crippen molar-refractivity contribution in [2.45, 2.75) is 27.4 Å². The van der Waals surface area contributed by atoms with Gasteiger partial charge in [-0.1, -0.05) is 29.8 Å². The summed E-state index contributed by atoms with van der Waals surface area (Å²) in [5, 5.41) is 2.81. The molecule has 1 aromatic heterocycles. The van der Waals surface area contributed by atoms with Crippen molar-refractivity contribution >= 4 is 17.6 Å². The lowest BCUT2D eigenvalue weighted by Gasteiger charge is -2.20. The number of nitrogens with zero attached hydrogens (tertiary/aromatic N) is 1. The largest absolute Gasteiger partial charge is 0.488 e. The third-order valence-corrected chi connectivity index (χ3v) is 5.78. The van der Waals surface area contributed by atoms with Crippen LogP contribution in [0.3, 0.4) is 0 Å². The standard InChI is InChI=1S/C29H27FN2O4/c1-18-8-15-27(36-17-21-10-12-22(30)13-11-21)24(16-18)25-14-9-19(2)32(25)26-7-5-6-23(29(34)35-4)28(26)31-20(3)33/h5-16H,17H2,1-4H3,(H,31,33). The molecule has 184 valence electrons. The number of carbonyl (C=O) groups excluding carboxylic acids is 2. The van der Waals surface area contributed by atoms with Gasteiger partial charge in [0.25, 0.3) is 0 Å². The number of halogens is 1. The number of carbonyl (C=O) groups is 2. The van der Waals surface area contributed by atoms with E-state index in [1.807, 2.05) is 54.8 Å². The van der Waals surface area contributed by atoms with E-state index in [9.17, 15) is 14.0 Å². The maximum atomic E-state index is 13.3. The van der Waals surface area contributed by atoms with Gasteiger partial charge in [0.1, 0.15) is 18.2 Å². The van der Waals surface area contributed by atoms with Gasteiger partial charge in [-0.25, -0.2) is 9.18 Å². The van der Waals surface area contributed by atoms with E-state index in [1.165, 1.54) is 26.2 Å². The molecule has 6 nitrogen and oxygen atoms in total. The fourth-order valence-corrected chi connectivity index (χ4v) is 4.09. The first-order valence-electron chi connectivity index (χ1n) is 11.4. The van der Waals surface area contributed by atoms with Gasteiger partial charge in [0.2, 0.25) is 5.91 Å². The number of rotatable bonds is 7. The summed E-state index contributed by atoms with van der Waals surface area (Å²) in [4.78, 5) is 24.6. The average Bonchev–Trinajstić information content (AvgIpc) is 3.24. The van der Waals surface area contributed by atoms with Gasteiger partial charge in [0.15, 0.2) is 0 Å². The molecule has 3 aromatic carbocycles. The molecular formula is C29H27FN2O4. The van der Waals surface area contributed by atoms with Crippen LogP contribution in [0.15, 0.2) is 72.8 Å². The minimum absolute atomic E-state index is 0.251. The molecule has 0 aliphatic rings. The van der Waals surface area contributed by atoms with Crippen LogP contribution in [0.2, 0.25) is 0 Å². The van der Waals surface area contributed by atoms with Crippen molar-refractivity contribution in [3.63, 3.8) is 0 Å². The number of aromatic nitrogens is 1. The van der Waals surface area contributed by atoms with E-state index in [0.717, 1.165) is 28.1 Å². The number of amides is 1. The zero-order chi connectivity index (χ0) is 25.8. The highest BCUT2D eigenvalue weighted by Crippen LogP contribution is 2.37. The predicted octanol–water partition coefficient (Wildman–Crippen LogP) is 6.22. The summed E-state index contributed by atoms with van der Waals surface area (Å²) in [5.74, 6) is -0.509. The zero-order valence-corrected chi connectivity index (χ0v) is 20.6. The lowest BCUT2D eigenvalue weighted by molar-refractivity contribution is -0.114. The van der Waals surface area contributed by atoms with E-state index in [2.05, 4.69) is 5.32 Å². The predicted molar refractivity (Wildman–Crippen MR) is 137 cm³/mol. The number of benzene rings is 3. The second-order valence-corrected chi connectivity index (χ2v) is 8.48. The summed E-state index contributed by atoms with van der Waals surface area (Å²) >= 11 is 0. The molecule has 0 saturated carbocycles. The second kappa shape index (κ2) is 10.5. The number of esters is 1. The Balaban J connectivity index is 1.84. The third-order valence-electron chi connectivity index (χ3n) is 5.78. The molecule has 36 heavy (non-hydrogen) atoms. The molecule has 0 aliphatic carbocycles. The first-order chi connectivity index (χ1) is 17.3. The molecule has 0 saturated heterocycles. The maximum absolute atomic E-state index is 13.3. The molecule has 0 unspecified atom stereocenters. The van der Waals surface area contributed by atoms with E-state index < -0.39 is 5.97 Å². The van der Waals surface area contributed by atoms with Gasteiger partial charge in [-0.05, 0) is 67.9 Å². The Labute approximate surface area is 209 Å². The summed E-state index contributed by atoms with van der Waals surface area (Å²) in [7, 11) is 1.30. The molecule has 0 atom stereocenters. The monoisotopic (exact) mass is 486 g/mol. The van der Waals surface area contributed by atoms with Crippen LogP contribution in [0.4, 0.5) is 10.1 Å². The Kier molecular flexibility index (Phi) is 7.20. The van der Waals surface area contributed by atoms with Crippen LogP contribution in [0.25, 0.3) is 16.9 Å². The second-order valence-electron chi connectivity index (χ2n) is 8.48. The Morgan fingerprint density at radius 2 is 1.72 bits per heavy atom. The highest BCUT2D eigenvalue weighted by atomic mass is 19.1. The van der Waals surface area contributed by atoms with Gasteiger partial charge in [-0.2, -0.15) is 0 Å². The van der Waals surface area contributed by atoms with E-state index in [1.54, 1.807) is 24.3 Å². The highest BCUT2D eigenvalue weighted by molar-refractivity contribution is 6.03. The van der Waals surface area contributed by atoms with Gasteiger partial charge in [-0.3, -0.25) is 4.79 Å². The number of hydrogen-bond donors (Lipinski definition) is 1. The van der Waals surface area contributed by atoms with Crippen LogP contribution < -0.4 is 10.1 Å². The Hall–Kier alpha value is -4.39.